The maximum Gasteiger partial charge on any atom is 0.0306 e. The SMILES string of the molecule is CCNC(CCC(C)C)C(C)(C)N(CC)CC. The summed E-state index contributed by atoms with van der Waals surface area (Å²) in [6.45, 7) is 19.4. The van der Waals surface area contributed by atoms with Crippen LogP contribution >= 0.6 is 0 Å². The summed E-state index contributed by atoms with van der Waals surface area (Å²) >= 11 is 0. The predicted octanol–water partition coefficient (Wildman–Crippen LogP) is 3.52. The molecule has 0 aliphatic carbocycles. The highest BCUT2D eigenvalue weighted by molar-refractivity contribution is 4.92. The van der Waals surface area contributed by atoms with E-state index in [1.165, 1.54) is 12.8 Å². The molecule has 1 atom stereocenters. The van der Waals surface area contributed by atoms with Crippen LogP contribution in [0.4, 0.5) is 0 Å². The maximum atomic E-state index is 3.69. The Morgan fingerprint density at radius 3 is 1.88 bits per heavy atom. The fourth-order valence-electron chi connectivity index (χ4n) is 2.71. The van der Waals surface area contributed by atoms with Crippen molar-refractivity contribution in [2.24, 2.45) is 5.92 Å². The monoisotopic (exact) mass is 242 g/mol. The highest BCUT2D eigenvalue weighted by Crippen LogP contribution is 2.23. The van der Waals surface area contributed by atoms with Gasteiger partial charge in [0.2, 0.25) is 0 Å². The molecule has 0 aromatic heterocycles. The lowest BCUT2D eigenvalue weighted by Crippen LogP contribution is -2.57. The number of nitrogens with one attached hydrogen (secondary N) is 1. The van der Waals surface area contributed by atoms with Crippen LogP contribution in [0.2, 0.25) is 0 Å². The van der Waals surface area contributed by atoms with Crippen LogP contribution < -0.4 is 5.32 Å². The van der Waals surface area contributed by atoms with Gasteiger partial charge in [0.1, 0.15) is 0 Å². The van der Waals surface area contributed by atoms with Gasteiger partial charge in [0.15, 0.2) is 0 Å². The molecule has 0 amide bonds. The summed E-state index contributed by atoms with van der Waals surface area (Å²) in [4.78, 5) is 2.57. The topological polar surface area (TPSA) is 15.3 Å². The summed E-state index contributed by atoms with van der Waals surface area (Å²) < 4.78 is 0. The van der Waals surface area contributed by atoms with Crippen molar-refractivity contribution in [3.05, 3.63) is 0 Å². The van der Waals surface area contributed by atoms with E-state index in [1.54, 1.807) is 0 Å². The second kappa shape index (κ2) is 8.10. The zero-order valence-electron chi connectivity index (χ0n) is 13.1. The number of rotatable bonds is 9. The van der Waals surface area contributed by atoms with E-state index in [0.717, 1.165) is 25.6 Å². The van der Waals surface area contributed by atoms with E-state index < -0.39 is 0 Å². The first kappa shape index (κ1) is 16.9. The number of nitrogens with zero attached hydrogens (tertiary/aromatic N) is 1. The van der Waals surface area contributed by atoms with Crippen LogP contribution in [-0.2, 0) is 0 Å². The Labute approximate surface area is 109 Å². The van der Waals surface area contributed by atoms with E-state index >= 15 is 0 Å². The van der Waals surface area contributed by atoms with Gasteiger partial charge in [-0.3, -0.25) is 4.90 Å². The van der Waals surface area contributed by atoms with Crippen molar-refractivity contribution in [3.63, 3.8) is 0 Å². The fourth-order valence-corrected chi connectivity index (χ4v) is 2.71. The van der Waals surface area contributed by atoms with Gasteiger partial charge in [-0.05, 0) is 52.2 Å². The molecule has 1 unspecified atom stereocenters. The van der Waals surface area contributed by atoms with Crippen LogP contribution in [0.3, 0.4) is 0 Å². The summed E-state index contributed by atoms with van der Waals surface area (Å²) in [6, 6.07) is 0.592. The fraction of sp³-hybridized carbons (Fsp3) is 1.00. The molecule has 17 heavy (non-hydrogen) atoms. The van der Waals surface area contributed by atoms with Crippen LogP contribution in [-0.4, -0.2) is 36.1 Å². The number of likely N-dealkylation sites (N-methyl/N-ethyl adjacent to an activating group) is 2. The second-order valence-electron chi connectivity index (χ2n) is 5.91. The first-order valence-electron chi connectivity index (χ1n) is 7.38. The molecule has 0 aromatic carbocycles. The lowest BCUT2D eigenvalue weighted by molar-refractivity contribution is 0.0858. The molecule has 104 valence electrons. The smallest absolute Gasteiger partial charge is 0.0306 e. The largest absolute Gasteiger partial charge is 0.312 e. The second-order valence-corrected chi connectivity index (χ2v) is 5.91. The molecule has 0 aromatic rings. The molecule has 2 nitrogen and oxygen atoms in total. The zero-order valence-corrected chi connectivity index (χ0v) is 13.1. The van der Waals surface area contributed by atoms with Crippen molar-refractivity contribution in [1.29, 1.82) is 0 Å². The third-order valence-corrected chi connectivity index (χ3v) is 3.91. The Morgan fingerprint density at radius 1 is 1.00 bits per heavy atom. The molecule has 0 saturated carbocycles. The van der Waals surface area contributed by atoms with Crippen molar-refractivity contribution in [1.82, 2.24) is 10.2 Å². The van der Waals surface area contributed by atoms with Crippen LogP contribution in [0.25, 0.3) is 0 Å². The maximum absolute atomic E-state index is 3.69. The minimum Gasteiger partial charge on any atom is -0.312 e. The summed E-state index contributed by atoms with van der Waals surface area (Å²) in [6.07, 6.45) is 2.58. The van der Waals surface area contributed by atoms with E-state index in [-0.39, 0.29) is 5.54 Å². The molecule has 0 bridgehead atoms. The van der Waals surface area contributed by atoms with Gasteiger partial charge >= 0.3 is 0 Å². The van der Waals surface area contributed by atoms with Crippen molar-refractivity contribution < 1.29 is 0 Å². The molecule has 0 fully saturated rings. The van der Waals surface area contributed by atoms with E-state index in [2.05, 4.69) is 58.7 Å². The number of hydrogen-bond donors (Lipinski definition) is 1. The Hall–Kier alpha value is -0.0800. The van der Waals surface area contributed by atoms with Crippen LogP contribution in [0.15, 0.2) is 0 Å². The Morgan fingerprint density at radius 2 is 1.53 bits per heavy atom. The van der Waals surface area contributed by atoms with Gasteiger partial charge in [0.05, 0.1) is 0 Å². The van der Waals surface area contributed by atoms with E-state index in [0.29, 0.717) is 6.04 Å². The highest BCUT2D eigenvalue weighted by atomic mass is 15.2. The third kappa shape index (κ3) is 5.39. The van der Waals surface area contributed by atoms with Crippen molar-refractivity contribution >= 4 is 0 Å². The minimum atomic E-state index is 0.244. The van der Waals surface area contributed by atoms with Gasteiger partial charge in [-0.1, -0.05) is 34.6 Å². The van der Waals surface area contributed by atoms with Crippen molar-refractivity contribution in [3.8, 4) is 0 Å². The normalized spacial score (nSPS) is 14.6. The van der Waals surface area contributed by atoms with Crippen LogP contribution in [0.1, 0.15) is 61.3 Å². The van der Waals surface area contributed by atoms with Crippen LogP contribution in [0.5, 0.6) is 0 Å². The van der Waals surface area contributed by atoms with Crippen LogP contribution in [0, 0.1) is 5.92 Å². The van der Waals surface area contributed by atoms with Gasteiger partial charge in [-0.2, -0.15) is 0 Å². The zero-order chi connectivity index (χ0) is 13.5. The lowest BCUT2D eigenvalue weighted by Gasteiger charge is -2.44. The average molecular weight is 242 g/mol. The lowest BCUT2D eigenvalue weighted by atomic mass is 9.87. The van der Waals surface area contributed by atoms with E-state index in [4.69, 9.17) is 0 Å². The van der Waals surface area contributed by atoms with Gasteiger partial charge < -0.3 is 5.32 Å². The summed E-state index contributed by atoms with van der Waals surface area (Å²) in [7, 11) is 0. The highest BCUT2D eigenvalue weighted by Gasteiger charge is 2.32. The molecular weight excluding hydrogens is 208 g/mol. The van der Waals surface area contributed by atoms with Gasteiger partial charge in [0, 0.05) is 11.6 Å². The van der Waals surface area contributed by atoms with Crippen molar-refractivity contribution in [2.75, 3.05) is 19.6 Å². The molecule has 0 saturated heterocycles. The van der Waals surface area contributed by atoms with Gasteiger partial charge in [-0.25, -0.2) is 0 Å². The minimum absolute atomic E-state index is 0.244. The summed E-state index contributed by atoms with van der Waals surface area (Å²) in [5.41, 5.74) is 0.244. The predicted molar refractivity (Wildman–Crippen MR) is 78.5 cm³/mol. The molecule has 0 aliphatic rings. The van der Waals surface area contributed by atoms with Gasteiger partial charge in [-0.15, -0.1) is 0 Å². The quantitative estimate of drug-likeness (QED) is 0.665. The molecular formula is C15H34N2. The Kier molecular flexibility index (Phi) is 8.06. The summed E-state index contributed by atoms with van der Waals surface area (Å²) in [5.74, 6) is 0.795. The molecule has 2 heteroatoms. The molecule has 0 heterocycles. The third-order valence-electron chi connectivity index (χ3n) is 3.91. The average Bonchev–Trinajstić information content (AvgIpc) is 2.24. The van der Waals surface area contributed by atoms with E-state index in [9.17, 15) is 0 Å². The van der Waals surface area contributed by atoms with E-state index in [1.807, 2.05) is 0 Å². The molecule has 1 N–H and O–H groups in total. The molecule has 0 spiro atoms. The molecule has 0 aliphatic heterocycles. The van der Waals surface area contributed by atoms with Crippen molar-refractivity contribution in [2.45, 2.75) is 72.9 Å². The summed E-state index contributed by atoms with van der Waals surface area (Å²) in [5, 5.41) is 3.69. The Bertz CT molecular complexity index is 183. The number of hydrogen-bond acceptors (Lipinski definition) is 2. The first-order valence-corrected chi connectivity index (χ1v) is 7.38. The first-order chi connectivity index (χ1) is 7.89. The molecule has 0 rings (SSSR count). The standard InChI is InChI=1S/C15H34N2/c1-8-16-14(12-11-13(4)5)15(6,7)17(9-2)10-3/h13-14,16H,8-12H2,1-7H3. The van der Waals surface area contributed by atoms with Gasteiger partial charge in [0.25, 0.3) is 0 Å². The molecule has 0 radical (unpaired) electrons. The Balaban J connectivity index is 4.63.